The quantitative estimate of drug-likeness (QED) is 0.528. The van der Waals surface area contributed by atoms with Crippen LogP contribution >= 0.6 is 0 Å². The van der Waals surface area contributed by atoms with Crippen molar-refractivity contribution in [3.8, 4) is 0 Å². The smallest absolute Gasteiger partial charge is 0.167 e. The van der Waals surface area contributed by atoms with Crippen LogP contribution in [0, 0.1) is 11.3 Å². The van der Waals surface area contributed by atoms with Gasteiger partial charge in [0.1, 0.15) is 0 Å². The average Bonchev–Trinajstić information content (AvgIpc) is 2.24. The molecule has 0 spiro atoms. The van der Waals surface area contributed by atoms with Gasteiger partial charge in [-0.1, -0.05) is 59.8 Å². The van der Waals surface area contributed by atoms with E-state index in [9.17, 15) is 9.90 Å². The Hall–Kier alpha value is 0.0543. The monoisotopic (exact) mass is 261 g/mol. The van der Waals surface area contributed by atoms with E-state index < -0.39 is 5.97 Å². The zero-order valence-corrected chi connectivity index (χ0v) is 12.7. The molecular weight excluding hydrogens is 236 g/mol. The van der Waals surface area contributed by atoms with E-state index in [1.54, 1.807) is 0 Å². The minimum atomic E-state index is -0.697. The van der Waals surface area contributed by atoms with E-state index in [4.69, 9.17) is 0 Å². The largest absolute Gasteiger partial charge is 0.503 e. The van der Waals surface area contributed by atoms with E-state index >= 15 is 0 Å². The molecule has 0 unspecified atom stereocenters. The number of carboxylic acid groups (broad SMARTS) is 1. The summed E-state index contributed by atoms with van der Waals surface area (Å²) < 4.78 is 0. The Kier molecular flexibility index (Phi) is 10.5. The first kappa shape index (κ1) is 18.4. The predicted molar refractivity (Wildman–Crippen MR) is 63.7 cm³/mol. The van der Waals surface area contributed by atoms with Crippen LogP contribution in [0.5, 0.6) is 0 Å². The summed E-state index contributed by atoms with van der Waals surface area (Å²) >= 11 is 0. The van der Waals surface area contributed by atoms with E-state index in [0.29, 0.717) is 6.42 Å². The van der Waals surface area contributed by atoms with Gasteiger partial charge in [-0.3, -0.25) is 10.7 Å². The number of carbonyl (C=O) groups is 1. The number of aliphatic carboxylic acids is 1. The maximum absolute atomic E-state index is 11.2. The third-order valence-corrected chi connectivity index (χ3v) is 3.61. The van der Waals surface area contributed by atoms with Crippen molar-refractivity contribution in [2.24, 2.45) is 5.41 Å². The van der Waals surface area contributed by atoms with E-state index in [1.807, 2.05) is 6.92 Å². The number of hydrogen-bond donors (Lipinski definition) is 1. The molecule has 2 nitrogen and oxygen atoms in total. The zero-order chi connectivity index (χ0) is 11.9. The summed E-state index contributed by atoms with van der Waals surface area (Å²) in [5.74, 6) is 0.0262. The molecule has 0 saturated heterocycles. The van der Waals surface area contributed by atoms with Crippen LogP contribution < -0.4 is 0 Å². The Morgan fingerprint density at radius 2 is 1.69 bits per heavy atom. The summed E-state index contributed by atoms with van der Waals surface area (Å²) in [6.07, 6.45) is 5.83. The third kappa shape index (κ3) is 4.51. The van der Waals surface area contributed by atoms with Gasteiger partial charge in [-0.2, -0.15) is 6.42 Å². The van der Waals surface area contributed by atoms with Crippen LogP contribution in [0.2, 0.25) is 0 Å². The second-order valence-electron chi connectivity index (χ2n) is 4.23. The van der Waals surface area contributed by atoms with Crippen LogP contribution in [-0.4, -0.2) is 11.1 Å². The molecule has 0 amide bonds. The summed E-state index contributed by atoms with van der Waals surface area (Å²) in [4.78, 5) is 11.2. The summed E-state index contributed by atoms with van der Waals surface area (Å²) in [7, 11) is 0. The van der Waals surface area contributed by atoms with Gasteiger partial charge in [-0.15, -0.1) is 5.41 Å². The molecule has 0 aliphatic heterocycles. The fraction of sp³-hybridized carbons (Fsp3) is 0.846. The molecule has 94 valence electrons. The van der Waals surface area contributed by atoms with Crippen LogP contribution in [0.1, 0.15) is 66.2 Å². The molecule has 0 aliphatic carbocycles. The first-order valence-corrected chi connectivity index (χ1v) is 6.17. The molecule has 0 heterocycles. The summed E-state index contributed by atoms with van der Waals surface area (Å²) in [5, 5.41) is 9.23. The van der Waals surface area contributed by atoms with Crippen LogP contribution in [0.3, 0.4) is 0 Å². The molecule has 0 rings (SSSR count). The first-order valence-electron chi connectivity index (χ1n) is 6.17. The van der Waals surface area contributed by atoms with Gasteiger partial charge in [0.05, 0.1) is 0 Å². The van der Waals surface area contributed by atoms with Crippen LogP contribution in [0.15, 0.2) is 0 Å². The van der Waals surface area contributed by atoms with Crippen LogP contribution in [-0.2, 0) is 26.5 Å². The summed E-state index contributed by atoms with van der Waals surface area (Å²) in [6, 6.07) is 0. The number of unbranched alkanes of at least 4 members (excludes halogenated alkanes) is 1. The van der Waals surface area contributed by atoms with Crippen molar-refractivity contribution in [1.82, 2.24) is 0 Å². The molecular formula is C13H25O2Ti-. The molecule has 0 aromatic heterocycles. The van der Waals surface area contributed by atoms with Gasteiger partial charge in [0, 0.05) is 21.7 Å². The van der Waals surface area contributed by atoms with E-state index in [0.717, 1.165) is 38.0 Å². The molecule has 0 aliphatic rings. The molecule has 0 saturated carbocycles. The van der Waals surface area contributed by atoms with Crippen LogP contribution in [0.25, 0.3) is 0 Å². The van der Waals surface area contributed by atoms with E-state index in [1.165, 1.54) is 0 Å². The Balaban J connectivity index is 0. The Labute approximate surface area is 115 Å². The second-order valence-corrected chi connectivity index (χ2v) is 4.23. The maximum atomic E-state index is 11.2. The molecule has 1 N–H and O–H groups in total. The molecule has 3 heteroatoms. The predicted octanol–water partition coefficient (Wildman–Crippen LogP) is 4.05. The fourth-order valence-electron chi connectivity index (χ4n) is 2.45. The fourth-order valence-corrected chi connectivity index (χ4v) is 2.45. The number of carboxylic acids is 1. The van der Waals surface area contributed by atoms with Gasteiger partial charge in [0.25, 0.3) is 0 Å². The van der Waals surface area contributed by atoms with Gasteiger partial charge in [0.15, 0.2) is 5.97 Å². The van der Waals surface area contributed by atoms with Crippen molar-refractivity contribution >= 4 is 5.97 Å². The molecule has 0 aromatic carbocycles. The minimum Gasteiger partial charge on any atom is -0.503 e. The molecule has 0 radical (unpaired) electrons. The number of rotatable bonds is 8. The van der Waals surface area contributed by atoms with Crippen molar-refractivity contribution in [3.63, 3.8) is 0 Å². The van der Waals surface area contributed by atoms with Crippen molar-refractivity contribution < 1.29 is 31.6 Å². The van der Waals surface area contributed by atoms with Crippen molar-refractivity contribution in [1.29, 1.82) is 0 Å². The Bertz CT molecular complexity index is 188. The minimum absolute atomic E-state index is 0. The molecule has 0 bridgehead atoms. The Morgan fingerprint density at radius 1 is 1.19 bits per heavy atom. The molecule has 0 fully saturated rings. The topological polar surface area (TPSA) is 37.3 Å². The van der Waals surface area contributed by atoms with Gasteiger partial charge in [0.2, 0.25) is 0 Å². The van der Waals surface area contributed by atoms with Crippen molar-refractivity contribution in [2.75, 3.05) is 0 Å². The van der Waals surface area contributed by atoms with E-state index in [2.05, 4.69) is 20.8 Å². The van der Waals surface area contributed by atoms with Crippen molar-refractivity contribution in [3.05, 3.63) is 5.92 Å². The summed E-state index contributed by atoms with van der Waals surface area (Å²) in [6.45, 7) is 8.33. The molecule has 0 aromatic rings. The third-order valence-electron chi connectivity index (χ3n) is 3.61. The molecule has 16 heavy (non-hydrogen) atoms. The summed E-state index contributed by atoms with van der Waals surface area (Å²) in [5.41, 5.74) is -0.0589. The first-order chi connectivity index (χ1) is 7.07. The van der Waals surface area contributed by atoms with Crippen molar-refractivity contribution in [2.45, 2.75) is 66.2 Å². The SMILES string of the molecule is CCCCC(CC)(CC)[C-](CC)C(=O)O.[Ti]. The molecule has 0 atom stereocenters. The zero-order valence-electron chi connectivity index (χ0n) is 11.1. The van der Waals surface area contributed by atoms with Gasteiger partial charge in [-0.05, 0) is 0 Å². The van der Waals surface area contributed by atoms with Gasteiger partial charge >= 0.3 is 0 Å². The standard InChI is InChI=1S/C13H25O2.Ti/c1-5-9-10-13(7-3,8-4)11(6-2)12(14)15;/h5-10H2,1-4H3,(H,14,15);/q-1;. The normalized spacial score (nSPS) is 10.8. The van der Waals surface area contributed by atoms with Gasteiger partial charge in [-0.25, -0.2) is 0 Å². The Morgan fingerprint density at radius 3 is 1.94 bits per heavy atom. The van der Waals surface area contributed by atoms with Gasteiger partial charge < -0.3 is 5.11 Å². The van der Waals surface area contributed by atoms with E-state index in [-0.39, 0.29) is 27.1 Å². The maximum Gasteiger partial charge on any atom is 0.167 e. The number of hydrogen-bond acceptors (Lipinski definition) is 1. The average molecular weight is 261 g/mol. The van der Waals surface area contributed by atoms with Crippen LogP contribution in [0.4, 0.5) is 0 Å². The second kappa shape index (κ2) is 9.12.